The van der Waals surface area contributed by atoms with E-state index in [4.69, 9.17) is 0 Å². The van der Waals surface area contributed by atoms with Crippen LogP contribution in [0.15, 0.2) is 18.3 Å². The predicted octanol–water partition coefficient (Wildman–Crippen LogP) is 0.939. The molecule has 0 bridgehead atoms. The van der Waals surface area contributed by atoms with Gasteiger partial charge in [0.1, 0.15) is 5.82 Å². The molecule has 1 aromatic rings. The SMILES string of the molecule is Cl.O=C(NCc1ccnc(N2CCCC2)c1)C1CNC1. The van der Waals surface area contributed by atoms with Crippen molar-refractivity contribution in [1.82, 2.24) is 15.6 Å². The molecular formula is C14H21ClN4O. The topological polar surface area (TPSA) is 57.3 Å². The maximum Gasteiger partial charge on any atom is 0.225 e. The van der Waals surface area contributed by atoms with Crippen molar-refractivity contribution in [2.24, 2.45) is 5.92 Å². The molecule has 2 fully saturated rings. The normalized spacial score (nSPS) is 18.3. The average molecular weight is 297 g/mol. The van der Waals surface area contributed by atoms with Crippen LogP contribution in [0.4, 0.5) is 5.82 Å². The summed E-state index contributed by atoms with van der Waals surface area (Å²) in [5.74, 6) is 1.34. The van der Waals surface area contributed by atoms with Crippen LogP contribution in [-0.4, -0.2) is 37.1 Å². The van der Waals surface area contributed by atoms with E-state index < -0.39 is 0 Å². The molecular weight excluding hydrogens is 276 g/mol. The van der Waals surface area contributed by atoms with Gasteiger partial charge in [0, 0.05) is 38.9 Å². The molecule has 2 aliphatic heterocycles. The van der Waals surface area contributed by atoms with Crippen molar-refractivity contribution >= 4 is 24.1 Å². The number of carbonyl (C=O) groups is 1. The number of carbonyl (C=O) groups excluding carboxylic acids is 1. The van der Waals surface area contributed by atoms with Gasteiger partial charge >= 0.3 is 0 Å². The lowest BCUT2D eigenvalue weighted by Gasteiger charge is -2.25. The second-order valence-corrected chi connectivity index (χ2v) is 5.29. The first-order chi connectivity index (χ1) is 9.33. The van der Waals surface area contributed by atoms with Gasteiger partial charge in [-0.25, -0.2) is 4.98 Å². The number of rotatable bonds is 4. The molecule has 0 aromatic carbocycles. The van der Waals surface area contributed by atoms with Crippen molar-refractivity contribution in [3.63, 3.8) is 0 Å². The first kappa shape index (κ1) is 15.1. The molecule has 1 amide bonds. The van der Waals surface area contributed by atoms with Crippen molar-refractivity contribution in [2.45, 2.75) is 19.4 Å². The minimum Gasteiger partial charge on any atom is -0.357 e. The van der Waals surface area contributed by atoms with Gasteiger partial charge in [-0.2, -0.15) is 0 Å². The highest BCUT2D eigenvalue weighted by molar-refractivity contribution is 5.85. The fraction of sp³-hybridized carbons (Fsp3) is 0.571. The van der Waals surface area contributed by atoms with E-state index in [-0.39, 0.29) is 24.2 Å². The van der Waals surface area contributed by atoms with Gasteiger partial charge in [0.15, 0.2) is 0 Å². The lowest BCUT2D eigenvalue weighted by Crippen LogP contribution is -2.50. The van der Waals surface area contributed by atoms with E-state index >= 15 is 0 Å². The van der Waals surface area contributed by atoms with E-state index in [0.29, 0.717) is 6.54 Å². The van der Waals surface area contributed by atoms with Gasteiger partial charge in [-0.3, -0.25) is 4.79 Å². The highest BCUT2D eigenvalue weighted by Crippen LogP contribution is 2.18. The number of nitrogens with zero attached hydrogens (tertiary/aromatic N) is 2. The maximum absolute atomic E-state index is 11.8. The standard InChI is InChI=1S/C14H20N4O.ClH/c19-14(12-9-15-10-12)17-8-11-3-4-16-13(7-11)18-5-1-2-6-18;/h3-4,7,12,15H,1-2,5-6,8-10H2,(H,17,19);1H. The van der Waals surface area contributed by atoms with Crippen LogP contribution >= 0.6 is 12.4 Å². The van der Waals surface area contributed by atoms with Crippen molar-refractivity contribution in [3.05, 3.63) is 23.9 Å². The highest BCUT2D eigenvalue weighted by Gasteiger charge is 2.24. The van der Waals surface area contributed by atoms with Gasteiger partial charge in [0.2, 0.25) is 5.91 Å². The summed E-state index contributed by atoms with van der Waals surface area (Å²) in [7, 11) is 0. The molecule has 110 valence electrons. The molecule has 2 aliphatic rings. The van der Waals surface area contributed by atoms with Gasteiger partial charge < -0.3 is 15.5 Å². The second-order valence-electron chi connectivity index (χ2n) is 5.29. The lowest BCUT2D eigenvalue weighted by atomic mass is 10.0. The molecule has 20 heavy (non-hydrogen) atoms. The fourth-order valence-corrected chi connectivity index (χ4v) is 2.50. The van der Waals surface area contributed by atoms with Crippen molar-refractivity contribution < 1.29 is 4.79 Å². The predicted molar refractivity (Wildman–Crippen MR) is 81.1 cm³/mol. The summed E-state index contributed by atoms with van der Waals surface area (Å²) < 4.78 is 0. The van der Waals surface area contributed by atoms with E-state index in [1.807, 2.05) is 12.3 Å². The molecule has 0 spiro atoms. The molecule has 0 saturated carbocycles. The van der Waals surface area contributed by atoms with Crippen LogP contribution in [0.2, 0.25) is 0 Å². The smallest absolute Gasteiger partial charge is 0.225 e. The molecule has 6 heteroatoms. The molecule has 2 saturated heterocycles. The Morgan fingerprint density at radius 1 is 1.40 bits per heavy atom. The van der Waals surface area contributed by atoms with Gasteiger partial charge in [-0.1, -0.05) is 0 Å². The quantitative estimate of drug-likeness (QED) is 0.868. The van der Waals surface area contributed by atoms with Gasteiger partial charge in [0.05, 0.1) is 5.92 Å². The first-order valence-corrected chi connectivity index (χ1v) is 7.01. The van der Waals surface area contributed by atoms with Crippen molar-refractivity contribution in [2.75, 3.05) is 31.1 Å². The van der Waals surface area contributed by atoms with Crippen molar-refractivity contribution in [3.8, 4) is 0 Å². The van der Waals surface area contributed by atoms with Crippen LogP contribution in [0.25, 0.3) is 0 Å². The van der Waals surface area contributed by atoms with Gasteiger partial charge in [-0.15, -0.1) is 12.4 Å². The maximum atomic E-state index is 11.8. The Kier molecular flexibility index (Phi) is 5.20. The number of hydrogen-bond acceptors (Lipinski definition) is 4. The Morgan fingerprint density at radius 3 is 2.80 bits per heavy atom. The van der Waals surface area contributed by atoms with E-state index in [0.717, 1.165) is 37.6 Å². The third-order valence-corrected chi connectivity index (χ3v) is 3.86. The molecule has 0 atom stereocenters. The van der Waals surface area contributed by atoms with Crippen LogP contribution in [-0.2, 0) is 11.3 Å². The van der Waals surface area contributed by atoms with Gasteiger partial charge in [0.25, 0.3) is 0 Å². The Bertz CT molecular complexity index is 458. The lowest BCUT2D eigenvalue weighted by molar-refractivity contribution is -0.126. The summed E-state index contributed by atoms with van der Waals surface area (Å²) >= 11 is 0. The third-order valence-electron chi connectivity index (χ3n) is 3.86. The van der Waals surface area contributed by atoms with Crippen LogP contribution < -0.4 is 15.5 Å². The highest BCUT2D eigenvalue weighted by atomic mass is 35.5. The molecule has 0 unspecified atom stereocenters. The number of hydrogen-bond donors (Lipinski definition) is 2. The largest absolute Gasteiger partial charge is 0.357 e. The summed E-state index contributed by atoms with van der Waals surface area (Å²) in [5, 5.41) is 6.10. The van der Waals surface area contributed by atoms with E-state index in [2.05, 4.69) is 26.6 Å². The number of aromatic nitrogens is 1. The Hall–Kier alpha value is -1.33. The Morgan fingerprint density at radius 2 is 2.15 bits per heavy atom. The number of halogens is 1. The zero-order chi connectivity index (χ0) is 13.1. The van der Waals surface area contributed by atoms with Crippen molar-refractivity contribution in [1.29, 1.82) is 0 Å². The second kappa shape index (κ2) is 6.90. The molecule has 3 heterocycles. The number of amides is 1. The summed E-state index contributed by atoms with van der Waals surface area (Å²) in [6, 6.07) is 4.06. The average Bonchev–Trinajstić information content (AvgIpc) is 2.88. The number of pyridine rings is 1. The van der Waals surface area contributed by atoms with Crippen LogP contribution in [0.3, 0.4) is 0 Å². The summed E-state index contributed by atoms with van der Waals surface area (Å²) in [5.41, 5.74) is 1.12. The fourth-order valence-electron chi connectivity index (χ4n) is 2.50. The zero-order valence-electron chi connectivity index (χ0n) is 11.5. The molecule has 2 N–H and O–H groups in total. The monoisotopic (exact) mass is 296 g/mol. The number of nitrogens with one attached hydrogen (secondary N) is 2. The first-order valence-electron chi connectivity index (χ1n) is 7.01. The van der Waals surface area contributed by atoms with E-state index in [1.54, 1.807) is 0 Å². The molecule has 1 aromatic heterocycles. The zero-order valence-corrected chi connectivity index (χ0v) is 12.3. The molecule has 0 aliphatic carbocycles. The van der Waals surface area contributed by atoms with E-state index in [9.17, 15) is 4.79 Å². The molecule has 3 rings (SSSR count). The third kappa shape index (κ3) is 3.41. The summed E-state index contributed by atoms with van der Waals surface area (Å²) in [4.78, 5) is 18.5. The summed E-state index contributed by atoms with van der Waals surface area (Å²) in [6.45, 7) is 4.40. The number of anilines is 1. The van der Waals surface area contributed by atoms with Crippen LogP contribution in [0, 0.1) is 5.92 Å². The molecule has 5 nitrogen and oxygen atoms in total. The minimum absolute atomic E-state index is 0. The summed E-state index contributed by atoms with van der Waals surface area (Å²) in [6.07, 6.45) is 4.33. The minimum atomic E-state index is 0. The van der Waals surface area contributed by atoms with Gasteiger partial charge in [-0.05, 0) is 30.5 Å². The van der Waals surface area contributed by atoms with E-state index in [1.165, 1.54) is 12.8 Å². The van der Waals surface area contributed by atoms with Crippen LogP contribution in [0.5, 0.6) is 0 Å². The van der Waals surface area contributed by atoms with Crippen LogP contribution in [0.1, 0.15) is 18.4 Å². The Balaban J connectivity index is 0.00000147. The molecule has 0 radical (unpaired) electrons. The Labute approximate surface area is 125 Å².